The van der Waals surface area contributed by atoms with E-state index in [1.807, 2.05) is 50.2 Å². The molecule has 3 aromatic rings. The molecular formula is C23H23FN4O. The summed E-state index contributed by atoms with van der Waals surface area (Å²) in [5.41, 5.74) is 4.53. The summed E-state index contributed by atoms with van der Waals surface area (Å²) in [6.07, 6.45) is -0.104. The number of halogens is 1. The van der Waals surface area contributed by atoms with Crippen LogP contribution in [0.25, 0.3) is 0 Å². The quantitative estimate of drug-likeness (QED) is 0.654. The fraction of sp³-hybridized carbons (Fsp3) is 0.348. The van der Waals surface area contributed by atoms with Gasteiger partial charge in [0, 0.05) is 13.0 Å². The summed E-state index contributed by atoms with van der Waals surface area (Å²) in [5.74, 6) is 0.111. The first-order chi connectivity index (χ1) is 14.0. The van der Waals surface area contributed by atoms with E-state index in [2.05, 4.69) is 22.2 Å². The first-order valence-corrected chi connectivity index (χ1v) is 10.1. The predicted molar refractivity (Wildman–Crippen MR) is 107 cm³/mol. The molecular weight excluding hydrogens is 367 g/mol. The first-order valence-electron chi connectivity index (χ1n) is 10.1. The van der Waals surface area contributed by atoms with E-state index in [1.165, 1.54) is 5.56 Å². The van der Waals surface area contributed by atoms with E-state index in [9.17, 15) is 9.18 Å². The van der Waals surface area contributed by atoms with E-state index in [4.69, 9.17) is 0 Å². The van der Waals surface area contributed by atoms with Crippen molar-refractivity contribution in [3.63, 3.8) is 0 Å². The van der Waals surface area contributed by atoms with Crippen molar-refractivity contribution in [1.29, 1.82) is 0 Å². The van der Waals surface area contributed by atoms with Crippen LogP contribution in [0.2, 0.25) is 0 Å². The number of hydrogen-bond donors (Lipinski definition) is 0. The number of hydrogen-bond acceptors (Lipinski definition) is 3. The maximum absolute atomic E-state index is 14.7. The monoisotopic (exact) mass is 390 g/mol. The zero-order valence-electron chi connectivity index (χ0n) is 16.5. The van der Waals surface area contributed by atoms with Crippen LogP contribution in [0.3, 0.4) is 0 Å². The third kappa shape index (κ3) is 2.94. The summed E-state index contributed by atoms with van der Waals surface area (Å²) in [6, 6.07) is 15.9. The van der Waals surface area contributed by atoms with E-state index in [0.29, 0.717) is 13.0 Å². The molecule has 6 heteroatoms. The number of benzene rings is 2. The standard InChI is InChI=1S/C23H23FN4O/c1-14-6-5-8-17(12-14)20-13-19(24)22-25-21(26-28(20)22)23(29)27-11-10-16-7-3-4-9-18(16)15(27)2/h3-9,12,15,19-20H,10-11,13H2,1-2H3/t15?,19-,20-/m0/s1. The number of nitrogens with zero attached hydrogens (tertiary/aromatic N) is 4. The van der Waals surface area contributed by atoms with Gasteiger partial charge in [0.15, 0.2) is 12.0 Å². The Labute approximate surface area is 169 Å². The first kappa shape index (κ1) is 18.0. The molecule has 0 N–H and O–H groups in total. The zero-order chi connectivity index (χ0) is 20.1. The third-order valence-electron chi connectivity index (χ3n) is 6.14. The number of rotatable bonds is 2. The minimum Gasteiger partial charge on any atom is -0.329 e. The van der Waals surface area contributed by atoms with Crippen molar-refractivity contribution >= 4 is 5.91 Å². The summed E-state index contributed by atoms with van der Waals surface area (Å²) in [6.45, 7) is 4.65. The van der Waals surface area contributed by atoms with Crippen molar-refractivity contribution in [3.8, 4) is 0 Å². The highest BCUT2D eigenvalue weighted by Gasteiger charge is 2.38. The van der Waals surface area contributed by atoms with Crippen LogP contribution < -0.4 is 0 Å². The van der Waals surface area contributed by atoms with Crippen LogP contribution in [-0.4, -0.2) is 32.1 Å². The molecule has 0 saturated heterocycles. The molecule has 29 heavy (non-hydrogen) atoms. The van der Waals surface area contributed by atoms with Crippen LogP contribution in [0.1, 0.15) is 70.3 Å². The van der Waals surface area contributed by atoms with Gasteiger partial charge in [0.05, 0.1) is 12.1 Å². The number of carbonyl (C=O) groups is 1. The normalized spacial score (nSPS) is 23.0. The van der Waals surface area contributed by atoms with Gasteiger partial charge in [-0.2, -0.15) is 0 Å². The smallest absolute Gasteiger partial charge is 0.294 e. The van der Waals surface area contributed by atoms with Crippen LogP contribution in [0.15, 0.2) is 48.5 Å². The van der Waals surface area contributed by atoms with E-state index in [-0.39, 0.29) is 29.6 Å². The number of amides is 1. The lowest BCUT2D eigenvalue weighted by Crippen LogP contribution is -2.39. The molecule has 0 spiro atoms. The Balaban J connectivity index is 1.46. The largest absolute Gasteiger partial charge is 0.329 e. The third-order valence-corrected chi connectivity index (χ3v) is 6.14. The molecule has 3 heterocycles. The highest BCUT2D eigenvalue weighted by atomic mass is 19.1. The average molecular weight is 390 g/mol. The minimum absolute atomic E-state index is 0.0560. The SMILES string of the molecule is Cc1cccc([C@@H]2C[C@H](F)c3nc(C(=O)N4CCc5ccccc5C4C)nn32)c1. The minimum atomic E-state index is -1.21. The van der Waals surface area contributed by atoms with E-state index < -0.39 is 6.17 Å². The average Bonchev–Trinajstić information content (AvgIpc) is 3.29. The number of aromatic nitrogens is 3. The second kappa shape index (κ2) is 6.79. The summed E-state index contributed by atoms with van der Waals surface area (Å²) in [7, 11) is 0. The summed E-state index contributed by atoms with van der Waals surface area (Å²) in [4.78, 5) is 19.3. The van der Waals surface area contributed by atoms with E-state index in [1.54, 1.807) is 9.58 Å². The van der Waals surface area contributed by atoms with E-state index in [0.717, 1.165) is 23.1 Å². The Morgan fingerprint density at radius 3 is 2.83 bits per heavy atom. The van der Waals surface area contributed by atoms with Crippen molar-refractivity contribution in [1.82, 2.24) is 19.7 Å². The Hall–Kier alpha value is -3.02. The number of carbonyl (C=O) groups excluding carboxylic acids is 1. The molecule has 3 atom stereocenters. The molecule has 0 aliphatic carbocycles. The molecule has 148 valence electrons. The number of alkyl halides is 1. The van der Waals surface area contributed by atoms with Crippen molar-refractivity contribution in [3.05, 3.63) is 82.4 Å². The second-order valence-corrected chi connectivity index (χ2v) is 7.99. The van der Waals surface area contributed by atoms with Gasteiger partial charge in [-0.05, 0) is 37.0 Å². The van der Waals surface area contributed by atoms with Gasteiger partial charge in [0.2, 0.25) is 5.82 Å². The molecule has 0 radical (unpaired) electrons. The topological polar surface area (TPSA) is 51.0 Å². The highest BCUT2D eigenvalue weighted by Crippen LogP contribution is 2.40. The van der Waals surface area contributed by atoms with Crippen molar-refractivity contribution in [2.24, 2.45) is 0 Å². The fourth-order valence-corrected chi connectivity index (χ4v) is 4.60. The lowest BCUT2D eigenvalue weighted by atomic mass is 9.93. The van der Waals surface area contributed by atoms with Crippen molar-refractivity contribution in [2.75, 3.05) is 6.54 Å². The fourth-order valence-electron chi connectivity index (χ4n) is 4.60. The Morgan fingerprint density at radius 1 is 1.17 bits per heavy atom. The molecule has 0 bridgehead atoms. The maximum Gasteiger partial charge on any atom is 0.294 e. The molecule has 1 aromatic heterocycles. The molecule has 2 aromatic carbocycles. The zero-order valence-corrected chi connectivity index (χ0v) is 16.5. The molecule has 2 aliphatic rings. The Morgan fingerprint density at radius 2 is 2.00 bits per heavy atom. The summed E-state index contributed by atoms with van der Waals surface area (Å²) in [5, 5.41) is 4.47. The Bertz CT molecular complexity index is 1090. The van der Waals surface area contributed by atoms with Gasteiger partial charge in [-0.3, -0.25) is 4.79 Å². The van der Waals surface area contributed by atoms with Crippen LogP contribution in [0.4, 0.5) is 4.39 Å². The van der Waals surface area contributed by atoms with Gasteiger partial charge in [0.1, 0.15) is 0 Å². The van der Waals surface area contributed by atoms with Gasteiger partial charge >= 0.3 is 0 Å². The highest BCUT2D eigenvalue weighted by molar-refractivity contribution is 5.91. The molecule has 5 nitrogen and oxygen atoms in total. The van der Waals surface area contributed by atoms with Crippen LogP contribution in [-0.2, 0) is 6.42 Å². The molecule has 5 rings (SSSR count). The number of aryl methyl sites for hydroxylation is 1. The molecule has 0 saturated carbocycles. The second-order valence-electron chi connectivity index (χ2n) is 7.99. The molecule has 1 amide bonds. The van der Waals surface area contributed by atoms with Gasteiger partial charge in [-0.15, -0.1) is 5.10 Å². The van der Waals surface area contributed by atoms with Gasteiger partial charge < -0.3 is 4.90 Å². The lowest BCUT2D eigenvalue weighted by Gasteiger charge is -2.34. The van der Waals surface area contributed by atoms with Crippen molar-refractivity contribution in [2.45, 2.75) is 44.9 Å². The van der Waals surface area contributed by atoms with Crippen LogP contribution >= 0.6 is 0 Å². The predicted octanol–water partition coefficient (Wildman–Crippen LogP) is 4.35. The van der Waals surface area contributed by atoms with Gasteiger partial charge in [0.25, 0.3) is 5.91 Å². The van der Waals surface area contributed by atoms with Crippen LogP contribution in [0.5, 0.6) is 0 Å². The molecule has 0 fully saturated rings. The molecule has 2 aliphatic heterocycles. The maximum atomic E-state index is 14.7. The number of fused-ring (bicyclic) bond motifs is 2. The molecule has 1 unspecified atom stereocenters. The lowest BCUT2D eigenvalue weighted by molar-refractivity contribution is 0.0664. The van der Waals surface area contributed by atoms with Gasteiger partial charge in [-0.25, -0.2) is 14.1 Å². The van der Waals surface area contributed by atoms with Crippen LogP contribution in [0, 0.1) is 6.92 Å². The summed E-state index contributed by atoms with van der Waals surface area (Å²) < 4.78 is 16.3. The van der Waals surface area contributed by atoms with Crippen molar-refractivity contribution < 1.29 is 9.18 Å². The Kier molecular flexibility index (Phi) is 4.23. The van der Waals surface area contributed by atoms with E-state index >= 15 is 0 Å². The summed E-state index contributed by atoms with van der Waals surface area (Å²) >= 11 is 0. The van der Waals surface area contributed by atoms with Gasteiger partial charge in [-0.1, -0.05) is 54.1 Å².